The molecule has 1 aliphatic rings. The van der Waals surface area contributed by atoms with E-state index in [0.29, 0.717) is 6.04 Å². The van der Waals surface area contributed by atoms with Crippen LogP contribution in [0.2, 0.25) is 0 Å². The summed E-state index contributed by atoms with van der Waals surface area (Å²) in [6.07, 6.45) is 8.03. The van der Waals surface area contributed by atoms with E-state index in [0.717, 1.165) is 18.9 Å². The Labute approximate surface area is 115 Å². The minimum absolute atomic E-state index is 0.499. The number of hydrogen-bond acceptors (Lipinski definition) is 3. The van der Waals surface area contributed by atoms with Crippen molar-refractivity contribution in [1.82, 2.24) is 10.3 Å². The average Bonchev–Trinajstić information content (AvgIpc) is 2.78. The van der Waals surface area contributed by atoms with E-state index in [-0.39, 0.29) is 0 Å². The van der Waals surface area contributed by atoms with Crippen LogP contribution in [0.5, 0.6) is 0 Å². The van der Waals surface area contributed by atoms with Gasteiger partial charge in [0.2, 0.25) is 0 Å². The number of nitrogens with one attached hydrogen (secondary N) is 1. The predicted octanol–water partition coefficient (Wildman–Crippen LogP) is 4.24. The summed E-state index contributed by atoms with van der Waals surface area (Å²) in [7, 11) is 0. The van der Waals surface area contributed by atoms with Crippen LogP contribution < -0.4 is 5.32 Å². The van der Waals surface area contributed by atoms with Gasteiger partial charge in [-0.25, -0.2) is 4.98 Å². The summed E-state index contributed by atoms with van der Waals surface area (Å²) in [5.41, 5.74) is 1.30. The van der Waals surface area contributed by atoms with Gasteiger partial charge in [0.25, 0.3) is 0 Å². The molecule has 0 amide bonds. The lowest BCUT2D eigenvalue weighted by molar-refractivity contribution is 0.274. The second-order valence-corrected chi connectivity index (χ2v) is 6.58. The highest BCUT2D eigenvalue weighted by Gasteiger charge is 2.27. The van der Waals surface area contributed by atoms with Crippen LogP contribution >= 0.6 is 11.3 Å². The molecule has 1 unspecified atom stereocenters. The quantitative estimate of drug-likeness (QED) is 0.862. The number of nitrogens with zero attached hydrogens (tertiary/aromatic N) is 1. The molecule has 0 radical (unpaired) electrons. The van der Waals surface area contributed by atoms with Gasteiger partial charge in [-0.05, 0) is 38.6 Å². The van der Waals surface area contributed by atoms with Gasteiger partial charge < -0.3 is 5.32 Å². The van der Waals surface area contributed by atoms with Gasteiger partial charge >= 0.3 is 0 Å². The van der Waals surface area contributed by atoms with E-state index in [1.54, 1.807) is 0 Å². The topological polar surface area (TPSA) is 24.9 Å². The van der Waals surface area contributed by atoms with Gasteiger partial charge in [0.15, 0.2) is 0 Å². The molecule has 2 nitrogen and oxygen atoms in total. The fraction of sp³-hybridized carbons (Fsp3) is 0.800. The van der Waals surface area contributed by atoms with E-state index in [2.05, 4.69) is 26.1 Å². The Hall–Kier alpha value is -0.410. The third-order valence-electron chi connectivity index (χ3n) is 4.06. The Balaban J connectivity index is 2.16. The highest BCUT2D eigenvalue weighted by molar-refractivity contribution is 7.11. The van der Waals surface area contributed by atoms with Crippen molar-refractivity contribution in [2.24, 2.45) is 5.92 Å². The minimum atomic E-state index is 0.499. The molecule has 3 heteroatoms. The number of thiazole rings is 1. The van der Waals surface area contributed by atoms with Crippen LogP contribution in [0.25, 0.3) is 0 Å². The van der Waals surface area contributed by atoms with Gasteiger partial charge in [-0.3, -0.25) is 0 Å². The zero-order valence-corrected chi connectivity index (χ0v) is 12.8. The second kappa shape index (κ2) is 6.67. The molecule has 1 aromatic rings. The zero-order chi connectivity index (χ0) is 13.0. The monoisotopic (exact) mass is 266 g/mol. The second-order valence-electron chi connectivity index (χ2n) is 5.34. The van der Waals surface area contributed by atoms with E-state index in [9.17, 15) is 0 Å². The molecule has 1 N–H and O–H groups in total. The summed E-state index contributed by atoms with van der Waals surface area (Å²) < 4.78 is 0. The molecule has 102 valence electrons. The summed E-state index contributed by atoms with van der Waals surface area (Å²) >= 11 is 1.91. The van der Waals surface area contributed by atoms with Crippen LogP contribution in [-0.2, 0) is 6.42 Å². The van der Waals surface area contributed by atoms with Crippen molar-refractivity contribution in [3.63, 3.8) is 0 Å². The minimum Gasteiger partial charge on any atom is -0.308 e. The van der Waals surface area contributed by atoms with Crippen LogP contribution in [0.4, 0.5) is 0 Å². The van der Waals surface area contributed by atoms with Crippen LogP contribution in [-0.4, -0.2) is 11.5 Å². The highest BCUT2D eigenvalue weighted by Crippen LogP contribution is 2.36. The molecule has 0 spiro atoms. The maximum Gasteiger partial charge on any atom is 0.110 e. The van der Waals surface area contributed by atoms with Gasteiger partial charge in [0.1, 0.15) is 5.01 Å². The molecule has 0 aromatic carbocycles. The Morgan fingerprint density at radius 1 is 1.28 bits per heavy atom. The Morgan fingerprint density at radius 2 is 2.00 bits per heavy atom. The normalized spacial score (nSPS) is 19.1. The molecule has 1 aliphatic carbocycles. The predicted molar refractivity (Wildman–Crippen MR) is 79.2 cm³/mol. The lowest BCUT2D eigenvalue weighted by Crippen LogP contribution is -2.29. The Bertz CT molecular complexity index is 367. The van der Waals surface area contributed by atoms with E-state index in [1.165, 1.54) is 47.7 Å². The van der Waals surface area contributed by atoms with Crippen molar-refractivity contribution in [1.29, 1.82) is 0 Å². The smallest absolute Gasteiger partial charge is 0.110 e. The molecule has 1 aromatic heterocycles. The highest BCUT2D eigenvalue weighted by atomic mass is 32.1. The molecule has 2 rings (SSSR count). The fourth-order valence-electron chi connectivity index (χ4n) is 3.05. The standard InChI is InChI=1S/C15H26N2S/c1-4-13-11(3)18-15(17-13)14(16-5-2)12-9-7-6-8-10-12/h12,14,16H,4-10H2,1-3H3. The molecule has 0 bridgehead atoms. The van der Waals surface area contributed by atoms with Gasteiger partial charge in [0.05, 0.1) is 11.7 Å². The van der Waals surface area contributed by atoms with Crippen molar-refractivity contribution in [2.45, 2.75) is 65.3 Å². The van der Waals surface area contributed by atoms with Gasteiger partial charge in [0, 0.05) is 4.88 Å². The molecular formula is C15H26N2S. The molecule has 1 heterocycles. The Morgan fingerprint density at radius 3 is 2.56 bits per heavy atom. The summed E-state index contributed by atoms with van der Waals surface area (Å²) in [5.74, 6) is 0.800. The van der Waals surface area contributed by atoms with Crippen molar-refractivity contribution in [3.8, 4) is 0 Å². The maximum atomic E-state index is 4.88. The first kappa shape index (κ1) is 14.0. The van der Waals surface area contributed by atoms with Crippen molar-refractivity contribution >= 4 is 11.3 Å². The number of hydrogen-bond donors (Lipinski definition) is 1. The Kier molecular flexibility index (Phi) is 5.19. The van der Waals surface area contributed by atoms with E-state index in [1.807, 2.05) is 11.3 Å². The molecule has 18 heavy (non-hydrogen) atoms. The summed E-state index contributed by atoms with van der Waals surface area (Å²) in [5, 5.41) is 5.01. The van der Waals surface area contributed by atoms with Gasteiger partial charge in [-0.2, -0.15) is 0 Å². The third-order valence-corrected chi connectivity index (χ3v) is 5.15. The lowest BCUT2D eigenvalue weighted by atomic mass is 9.84. The van der Waals surface area contributed by atoms with E-state index >= 15 is 0 Å². The first-order chi connectivity index (χ1) is 8.76. The first-order valence-electron chi connectivity index (χ1n) is 7.45. The molecular weight excluding hydrogens is 240 g/mol. The average molecular weight is 266 g/mol. The van der Waals surface area contributed by atoms with Crippen LogP contribution in [0.15, 0.2) is 0 Å². The molecule has 1 saturated carbocycles. The van der Waals surface area contributed by atoms with E-state index < -0.39 is 0 Å². The lowest BCUT2D eigenvalue weighted by Gasteiger charge is -2.29. The molecule has 0 aliphatic heterocycles. The van der Waals surface area contributed by atoms with E-state index in [4.69, 9.17) is 4.98 Å². The van der Waals surface area contributed by atoms with Gasteiger partial charge in [-0.1, -0.05) is 33.1 Å². The summed E-state index contributed by atoms with van der Waals surface area (Å²) in [6.45, 7) is 7.66. The SMILES string of the molecule is CCNC(c1nc(CC)c(C)s1)C1CCCCC1. The number of aryl methyl sites for hydroxylation is 2. The first-order valence-corrected chi connectivity index (χ1v) is 8.27. The number of rotatable bonds is 5. The maximum absolute atomic E-state index is 4.88. The van der Waals surface area contributed by atoms with Crippen molar-refractivity contribution in [3.05, 3.63) is 15.6 Å². The third kappa shape index (κ3) is 3.12. The summed E-state index contributed by atoms with van der Waals surface area (Å²) in [4.78, 5) is 6.29. The van der Waals surface area contributed by atoms with Crippen LogP contribution in [0, 0.1) is 12.8 Å². The van der Waals surface area contributed by atoms with Crippen molar-refractivity contribution in [2.75, 3.05) is 6.54 Å². The molecule has 1 atom stereocenters. The largest absolute Gasteiger partial charge is 0.308 e. The molecule has 0 saturated heterocycles. The fourth-order valence-corrected chi connectivity index (χ4v) is 4.23. The van der Waals surface area contributed by atoms with Crippen molar-refractivity contribution < 1.29 is 0 Å². The van der Waals surface area contributed by atoms with Gasteiger partial charge in [-0.15, -0.1) is 11.3 Å². The summed E-state index contributed by atoms with van der Waals surface area (Å²) in [6, 6.07) is 0.499. The van der Waals surface area contributed by atoms with Crippen LogP contribution in [0.3, 0.4) is 0 Å². The van der Waals surface area contributed by atoms with Crippen LogP contribution in [0.1, 0.15) is 67.6 Å². The molecule has 1 fully saturated rings. The number of aromatic nitrogens is 1. The zero-order valence-electron chi connectivity index (χ0n) is 12.0.